The van der Waals surface area contributed by atoms with Gasteiger partial charge in [-0.1, -0.05) is 26.8 Å². The SMILES string of the molecule is Cc1cc(-c2cc3c(O[Si](C)(C)C(C)(C)C)cccc3o2)c2ncc(OC(F)F)nc2c1. The van der Waals surface area contributed by atoms with Crippen LogP contribution in [0.1, 0.15) is 26.3 Å². The van der Waals surface area contributed by atoms with Crippen molar-refractivity contribution in [3.05, 3.63) is 48.2 Å². The van der Waals surface area contributed by atoms with E-state index in [9.17, 15) is 8.78 Å². The lowest BCUT2D eigenvalue weighted by atomic mass is 10.1. The largest absolute Gasteiger partial charge is 0.543 e. The van der Waals surface area contributed by atoms with Crippen molar-refractivity contribution in [3.63, 3.8) is 0 Å². The summed E-state index contributed by atoms with van der Waals surface area (Å²) in [5, 5.41) is 0.940. The molecule has 2 heterocycles. The molecule has 0 aliphatic carbocycles. The van der Waals surface area contributed by atoms with Gasteiger partial charge in [0, 0.05) is 5.56 Å². The number of hydrogen-bond donors (Lipinski definition) is 0. The van der Waals surface area contributed by atoms with Crippen LogP contribution in [0.2, 0.25) is 18.1 Å². The number of fused-ring (bicyclic) bond motifs is 2. The van der Waals surface area contributed by atoms with Crippen LogP contribution in [0.4, 0.5) is 8.78 Å². The lowest BCUT2D eigenvalue weighted by Gasteiger charge is -2.36. The highest BCUT2D eigenvalue weighted by molar-refractivity contribution is 6.74. The van der Waals surface area contributed by atoms with Crippen LogP contribution in [-0.4, -0.2) is 24.9 Å². The molecule has 0 N–H and O–H groups in total. The Balaban J connectivity index is 1.82. The summed E-state index contributed by atoms with van der Waals surface area (Å²) in [4.78, 5) is 8.51. The molecule has 0 atom stereocenters. The maximum Gasteiger partial charge on any atom is 0.388 e. The Morgan fingerprint density at radius 3 is 2.53 bits per heavy atom. The maximum atomic E-state index is 12.6. The third-order valence-corrected chi connectivity index (χ3v) is 10.3. The van der Waals surface area contributed by atoms with Crippen LogP contribution in [0.5, 0.6) is 11.6 Å². The summed E-state index contributed by atoms with van der Waals surface area (Å²) in [6.07, 6.45) is 1.20. The van der Waals surface area contributed by atoms with E-state index in [1.54, 1.807) is 6.07 Å². The number of aromatic nitrogens is 2. The number of benzene rings is 2. The number of hydrogen-bond acceptors (Lipinski definition) is 5. The van der Waals surface area contributed by atoms with Crippen LogP contribution in [0.25, 0.3) is 33.3 Å². The van der Waals surface area contributed by atoms with Gasteiger partial charge in [0.15, 0.2) is 0 Å². The molecule has 0 bridgehead atoms. The molecule has 0 radical (unpaired) electrons. The fraction of sp³-hybridized carbons (Fsp3) is 0.333. The maximum absolute atomic E-state index is 12.6. The van der Waals surface area contributed by atoms with E-state index in [1.165, 1.54) is 6.20 Å². The normalized spacial score (nSPS) is 12.7. The quantitative estimate of drug-likeness (QED) is 0.294. The highest BCUT2D eigenvalue weighted by Crippen LogP contribution is 2.41. The molecule has 8 heteroatoms. The molecule has 4 aromatic rings. The zero-order valence-corrected chi connectivity index (χ0v) is 20.0. The molecule has 5 nitrogen and oxygen atoms in total. The number of aryl methyl sites for hydroxylation is 1. The highest BCUT2D eigenvalue weighted by atomic mass is 28.4. The molecular weight excluding hydrogens is 430 g/mol. The topological polar surface area (TPSA) is 57.4 Å². The van der Waals surface area contributed by atoms with Crippen molar-refractivity contribution >= 4 is 30.3 Å². The van der Waals surface area contributed by atoms with Gasteiger partial charge in [-0.2, -0.15) is 8.78 Å². The standard InChI is InChI=1S/C24H26F2N2O3Si/c1-14-10-16(22-17(11-14)28-21(13-27-22)30-23(25)26)20-12-15-18(29-20)8-7-9-19(15)31-32(5,6)24(2,3)4/h7-13,23H,1-6H3. The van der Waals surface area contributed by atoms with E-state index >= 15 is 0 Å². The van der Waals surface area contributed by atoms with Gasteiger partial charge in [0.2, 0.25) is 5.88 Å². The van der Waals surface area contributed by atoms with Crippen LogP contribution in [0.3, 0.4) is 0 Å². The molecular formula is C24H26F2N2O3Si. The first-order valence-electron chi connectivity index (χ1n) is 10.4. The summed E-state index contributed by atoms with van der Waals surface area (Å²) >= 11 is 0. The van der Waals surface area contributed by atoms with Crippen LogP contribution in [0, 0.1) is 6.92 Å². The predicted octanol–water partition coefficient (Wildman–Crippen LogP) is 7.34. The van der Waals surface area contributed by atoms with Gasteiger partial charge in [-0.15, -0.1) is 0 Å². The minimum absolute atomic E-state index is 0.0576. The molecule has 0 amide bonds. The van der Waals surface area contributed by atoms with Gasteiger partial charge in [0.1, 0.15) is 17.1 Å². The number of rotatable bonds is 5. The molecule has 168 valence electrons. The highest BCUT2D eigenvalue weighted by Gasteiger charge is 2.39. The van der Waals surface area contributed by atoms with Crippen LogP contribution >= 0.6 is 0 Å². The lowest BCUT2D eigenvalue weighted by Crippen LogP contribution is -2.43. The van der Waals surface area contributed by atoms with Gasteiger partial charge < -0.3 is 13.6 Å². The molecule has 2 aromatic carbocycles. The Morgan fingerprint density at radius 2 is 1.84 bits per heavy atom. The summed E-state index contributed by atoms with van der Waals surface area (Å²) in [6, 6.07) is 11.4. The van der Waals surface area contributed by atoms with Gasteiger partial charge >= 0.3 is 6.61 Å². The van der Waals surface area contributed by atoms with E-state index < -0.39 is 14.9 Å². The minimum Gasteiger partial charge on any atom is -0.543 e. The first-order chi connectivity index (χ1) is 14.9. The predicted molar refractivity (Wildman–Crippen MR) is 124 cm³/mol. The van der Waals surface area contributed by atoms with E-state index in [4.69, 9.17) is 8.84 Å². The van der Waals surface area contributed by atoms with Crippen molar-refractivity contribution in [3.8, 4) is 23.0 Å². The zero-order chi connectivity index (χ0) is 23.3. The van der Waals surface area contributed by atoms with Gasteiger partial charge in [-0.3, -0.25) is 0 Å². The first kappa shape index (κ1) is 22.2. The van der Waals surface area contributed by atoms with Gasteiger partial charge in [-0.25, -0.2) is 9.97 Å². The molecule has 2 aromatic heterocycles. The third-order valence-electron chi connectivity index (χ3n) is 5.94. The fourth-order valence-electron chi connectivity index (χ4n) is 3.27. The smallest absolute Gasteiger partial charge is 0.388 e. The Labute approximate surface area is 186 Å². The molecule has 0 saturated heterocycles. The van der Waals surface area contributed by atoms with Gasteiger partial charge in [-0.05, 0) is 61.0 Å². The number of halogens is 2. The van der Waals surface area contributed by atoms with Crippen molar-refractivity contribution in [1.82, 2.24) is 9.97 Å². The van der Waals surface area contributed by atoms with Crippen molar-refractivity contribution in [2.75, 3.05) is 0 Å². The van der Waals surface area contributed by atoms with Gasteiger partial charge in [0.25, 0.3) is 8.32 Å². The number of alkyl halides is 2. The average molecular weight is 457 g/mol. The molecule has 0 aliphatic heterocycles. The van der Waals surface area contributed by atoms with Crippen molar-refractivity contribution in [2.45, 2.75) is 52.4 Å². The van der Waals surface area contributed by atoms with Gasteiger partial charge in [0.05, 0.1) is 22.6 Å². The number of furan rings is 1. The molecule has 0 aliphatic rings. The summed E-state index contributed by atoms with van der Waals surface area (Å²) < 4.78 is 42.3. The van der Waals surface area contributed by atoms with E-state index in [0.717, 1.165) is 22.3 Å². The second kappa shape index (κ2) is 7.85. The molecule has 4 rings (SSSR count). The zero-order valence-electron chi connectivity index (χ0n) is 19.0. The van der Waals surface area contributed by atoms with Crippen LogP contribution in [-0.2, 0) is 0 Å². The Hall–Kier alpha value is -3.00. The lowest BCUT2D eigenvalue weighted by molar-refractivity contribution is -0.0528. The average Bonchev–Trinajstić information content (AvgIpc) is 3.10. The Bertz CT molecular complexity index is 1300. The summed E-state index contributed by atoms with van der Waals surface area (Å²) in [7, 11) is -2.04. The van der Waals surface area contributed by atoms with E-state index in [0.29, 0.717) is 22.4 Å². The second-order valence-corrected chi connectivity index (χ2v) is 14.1. The second-order valence-electron chi connectivity index (χ2n) is 9.41. The Morgan fingerprint density at radius 1 is 1.09 bits per heavy atom. The summed E-state index contributed by atoms with van der Waals surface area (Å²) in [5.41, 5.74) is 3.33. The summed E-state index contributed by atoms with van der Waals surface area (Å²) in [6.45, 7) is 9.95. The molecule has 0 unspecified atom stereocenters. The van der Waals surface area contributed by atoms with E-state index in [2.05, 4.69) is 48.6 Å². The third kappa shape index (κ3) is 4.19. The van der Waals surface area contributed by atoms with Crippen LogP contribution < -0.4 is 9.16 Å². The molecule has 0 saturated carbocycles. The van der Waals surface area contributed by atoms with Crippen molar-refractivity contribution in [1.29, 1.82) is 0 Å². The molecule has 0 spiro atoms. The van der Waals surface area contributed by atoms with Crippen molar-refractivity contribution < 1.29 is 22.4 Å². The van der Waals surface area contributed by atoms with E-state index in [1.807, 2.05) is 37.3 Å². The minimum atomic E-state index is -2.96. The Kier molecular flexibility index (Phi) is 5.44. The summed E-state index contributed by atoms with van der Waals surface area (Å²) in [5.74, 6) is 1.18. The number of nitrogens with zero attached hydrogens (tertiary/aromatic N) is 2. The van der Waals surface area contributed by atoms with Crippen LogP contribution in [0.15, 0.2) is 47.0 Å². The number of ether oxygens (including phenoxy) is 1. The molecule has 0 fully saturated rings. The van der Waals surface area contributed by atoms with E-state index in [-0.39, 0.29) is 10.9 Å². The fourth-order valence-corrected chi connectivity index (χ4v) is 4.30. The molecule has 32 heavy (non-hydrogen) atoms. The van der Waals surface area contributed by atoms with Crippen molar-refractivity contribution in [2.24, 2.45) is 0 Å². The monoisotopic (exact) mass is 456 g/mol. The first-order valence-corrected chi connectivity index (χ1v) is 13.3.